The summed E-state index contributed by atoms with van der Waals surface area (Å²) in [5, 5.41) is 2.76. The van der Waals surface area contributed by atoms with Crippen LogP contribution in [-0.4, -0.2) is 26.7 Å². The maximum Gasteiger partial charge on any atom is 0.318 e. The number of carbonyl (C=O) groups excluding carboxylic acids is 2. The van der Waals surface area contributed by atoms with Gasteiger partial charge in [0.25, 0.3) is 5.56 Å². The zero-order valence-electron chi connectivity index (χ0n) is 16.4. The fourth-order valence-electron chi connectivity index (χ4n) is 3.33. The third-order valence-electron chi connectivity index (χ3n) is 4.87. The normalized spacial score (nSPS) is 14.9. The van der Waals surface area contributed by atoms with E-state index in [4.69, 9.17) is 10.7 Å². The maximum absolute atomic E-state index is 13.4. The monoisotopic (exact) mass is 422 g/mol. The average molecular weight is 423 g/mol. The minimum atomic E-state index is -0.885. The number of hydrogen-bond acceptors (Lipinski definition) is 6. The van der Waals surface area contributed by atoms with E-state index in [1.807, 2.05) is 0 Å². The number of nitrogens with one attached hydrogen (secondary N) is 1. The lowest BCUT2D eigenvalue weighted by molar-refractivity contribution is -0.119. The van der Waals surface area contributed by atoms with Crippen molar-refractivity contribution in [3.8, 4) is 0 Å². The van der Waals surface area contributed by atoms with Crippen LogP contribution in [0.15, 0.2) is 9.95 Å². The molecule has 0 spiro atoms. The molecule has 0 bridgehead atoms. The number of hydrogen-bond donors (Lipinski definition) is 2. The summed E-state index contributed by atoms with van der Waals surface area (Å²) in [5.74, 6) is -0.0554. The lowest BCUT2D eigenvalue weighted by Gasteiger charge is -2.16. The lowest BCUT2D eigenvalue weighted by Crippen LogP contribution is -2.39. The van der Waals surface area contributed by atoms with Crippen molar-refractivity contribution in [1.29, 1.82) is 0 Å². The second-order valence-electron chi connectivity index (χ2n) is 7.54. The van der Waals surface area contributed by atoms with Crippen molar-refractivity contribution >= 4 is 45.3 Å². The first-order chi connectivity index (χ1) is 13.3. The molecule has 0 unspecified atom stereocenters. The number of nitrogens with zero attached hydrogens (tertiary/aromatic N) is 2. The molecule has 0 radical (unpaired) electrons. The van der Waals surface area contributed by atoms with Gasteiger partial charge in [-0.15, -0.1) is 11.3 Å². The highest BCUT2D eigenvalue weighted by molar-refractivity contribution is 8.00. The number of primary amides is 1. The van der Waals surface area contributed by atoms with Gasteiger partial charge in [0.05, 0.1) is 10.6 Å². The van der Waals surface area contributed by atoms with E-state index in [0.717, 1.165) is 47.9 Å². The Labute approximate surface area is 172 Å². The largest absolute Gasteiger partial charge is 0.351 e. The quantitative estimate of drug-likeness (QED) is 0.549. The van der Waals surface area contributed by atoms with Gasteiger partial charge in [0.15, 0.2) is 5.16 Å². The molecule has 2 aromatic heterocycles. The number of amides is 3. The molecule has 3 amide bonds. The third-order valence-corrected chi connectivity index (χ3v) is 7.14. The van der Waals surface area contributed by atoms with Crippen molar-refractivity contribution in [3.05, 3.63) is 20.8 Å². The van der Waals surface area contributed by atoms with Crippen molar-refractivity contribution in [2.75, 3.05) is 0 Å². The van der Waals surface area contributed by atoms with E-state index in [0.29, 0.717) is 17.6 Å². The van der Waals surface area contributed by atoms with Gasteiger partial charge in [0.2, 0.25) is 5.91 Å². The average Bonchev–Trinajstić information content (AvgIpc) is 2.98. The van der Waals surface area contributed by atoms with Gasteiger partial charge in [-0.05, 0) is 50.5 Å². The minimum Gasteiger partial charge on any atom is -0.351 e. The van der Waals surface area contributed by atoms with Gasteiger partial charge in [-0.2, -0.15) is 0 Å². The molecule has 1 atom stereocenters. The zero-order valence-corrected chi connectivity index (χ0v) is 18.0. The van der Waals surface area contributed by atoms with Gasteiger partial charge in [-0.25, -0.2) is 9.78 Å². The molecule has 3 rings (SSSR count). The van der Waals surface area contributed by atoms with Gasteiger partial charge in [-0.1, -0.05) is 25.6 Å². The number of fused-ring (bicyclic) bond motifs is 3. The van der Waals surface area contributed by atoms with Crippen LogP contribution < -0.4 is 16.6 Å². The number of nitrogens with two attached hydrogens (primary N) is 1. The van der Waals surface area contributed by atoms with E-state index in [-0.39, 0.29) is 5.56 Å². The van der Waals surface area contributed by atoms with Crippen LogP contribution in [0.1, 0.15) is 50.5 Å². The van der Waals surface area contributed by atoms with Crippen LogP contribution in [0.3, 0.4) is 0 Å². The van der Waals surface area contributed by atoms with Gasteiger partial charge in [0.1, 0.15) is 4.83 Å². The van der Waals surface area contributed by atoms with Crippen LogP contribution in [0.4, 0.5) is 4.79 Å². The number of imide groups is 1. The molecule has 1 aliphatic carbocycles. The molecule has 9 heteroatoms. The van der Waals surface area contributed by atoms with Crippen LogP contribution >= 0.6 is 23.1 Å². The first kappa shape index (κ1) is 20.9. The van der Waals surface area contributed by atoms with Crippen molar-refractivity contribution < 1.29 is 9.59 Å². The molecule has 28 heavy (non-hydrogen) atoms. The summed E-state index contributed by atoms with van der Waals surface area (Å²) in [6.45, 7) is 6.44. The molecule has 1 aliphatic rings. The van der Waals surface area contributed by atoms with Gasteiger partial charge in [0, 0.05) is 11.4 Å². The van der Waals surface area contributed by atoms with Gasteiger partial charge < -0.3 is 5.73 Å². The number of carbonyl (C=O) groups is 2. The minimum absolute atomic E-state index is 0.0185. The van der Waals surface area contributed by atoms with Crippen LogP contribution in [0, 0.1) is 5.92 Å². The number of rotatable bonds is 6. The summed E-state index contributed by atoms with van der Waals surface area (Å²) in [6.07, 6.45) is 5.02. The SMILES string of the molecule is CC(C)CCn1c(S[C@H](C)C(=O)NC(N)=O)nc2sc3c(c2c1=O)CCCC3. The van der Waals surface area contributed by atoms with Crippen molar-refractivity contribution in [2.45, 2.75) is 69.8 Å². The number of aryl methyl sites for hydroxylation is 2. The predicted molar refractivity (Wildman–Crippen MR) is 113 cm³/mol. The van der Waals surface area contributed by atoms with E-state index < -0.39 is 17.2 Å². The highest BCUT2D eigenvalue weighted by Crippen LogP contribution is 2.35. The highest BCUT2D eigenvalue weighted by Gasteiger charge is 2.24. The Balaban J connectivity index is 2.04. The molecule has 2 aromatic rings. The third kappa shape index (κ3) is 4.41. The molecule has 7 nitrogen and oxygen atoms in total. The van der Waals surface area contributed by atoms with E-state index in [2.05, 4.69) is 19.2 Å². The lowest BCUT2D eigenvalue weighted by atomic mass is 9.97. The Hall–Kier alpha value is -1.87. The summed E-state index contributed by atoms with van der Waals surface area (Å²) in [6, 6.07) is -0.885. The summed E-state index contributed by atoms with van der Waals surface area (Å²) in [4.78, 5) is 43.2. The molecule has 3 N–H and O–H groups in total. The summed E-state index contributed by atoms with van der Waals surface area (Å²) >= 11 is 2.78. The number of aromatic nitrogens is 2. The second kappa shape index (κ2) is 8.65. The Kier molecular flexibility index (Phi) is 6.44. The molecule has 0 saturated carbocycles. The van der Waals surface area contributed by atoms with E-state index in [1.165, 1.54) is 16.6 Å². The number of thiophene rings is 1. The van der Waals surface area contributed by atoms with Gasteiger partial charge in [-0.3, -0.25) is 19.5 Å². The van der Waals surface area contributed by atoms with E-state index in [9.17, 15) is 14.4 Å². The Morgan fingerprint density at radius 1 is 1.29 bits per heavy atom. The molecule has 2 heterocycles. The Morgan fingerprint density at radius 3 is 2.68 bits per heavy atom. The standard InChI is InChI=1S/C19H26N4O3S2/c1-10(2)8-9-23-17(25)14-12-6-4-5-7-13(12)28-16(14)22-19(23)27-11(3)15(24)21-18(20)26/h10-11H,4-9H2,1-3H3,(H3,20,21,24,26)/t11-/m1/s1. The smallest absolute Gasteiger partial charge is 0.318 e. The van der Waals surface area contributed by atoms with Crippen LogP contribution in [0.25, 0.3) is 10.2 Å². The zero-order chi connectivity index (χ0) is 20.4. The number of thioether (sulfide) groups is 1. The second-order valence-corrected chi connectivity index (χ2v) is 9.93. The molecule has 152 valence electrons. The predicted octanol–water partition coefficient (Wildman–Crippen LogP) is 3.06. The first-order valence-electron chi connectivity index (χ1n) is 9.60. The fourth-order valence-corrected chi connectivity index (χ4v) is 5.57. The summed E-state index contributed by atoms with van der Waals surface area (Å²) in [5.41, 5.74) is 6.19. The fraction of sp³-hybridized carbons (Fsp3) is 0.579. The van der Waals surface area contributed by atoms with Crippen LogP contribution in [-0.2, 0) is 24.2 Å². The van der Waals surface area contributed by atoms with Gasteiger partial charge >= 0.3 is 6.03 Å². The Morgan fingerprint density at radius 2 is 2.00 bits per heavy atom. The van der Waals surface area contributed by atoms with Crippen molar-refractivity contribution in [2.24, 2.45) is 11.7 Å². The topological polar surface area (TPSA) is 107 Å². The van der Waals surface area contributed by atoms with Crippen molar-refractivity contribution in [3.63, 3.8) is 0 Å². The number of urea groups is 1. The Bertz CT molecular complexity index is 964. The summed E-state index contributed by atoms with van der Waals surface area (Å²) < 4.78 is 1.70. The molecule has 0 aliphatic heterocycles. The molecule has 0 saturated heterocycles. The first-order valence-corrected chi connectivity index (χ1v) is 11.3. The molecule has 0 fully saturated rings. The molecular formula is C19H26N4O3S2. The highest BCUT2D eigenvalue weighted by atomic mass is 32.2. The maximum atomic E-state index is 13.4. The van der Waals surface area contributed by atoms with E-state index >= 15 is 0 Å². The van der Waals surface area contributed by atoms with Crippen molar-refractivity contribution in [1.82, 2.24) is 14.9 Å². The molecular weight excluding hydrogens is 396 g/mol. The van der Waals surface area contributed by atoms with Crippen LogP contribution in [0.5, 0.6) is 0 Å². The van der Waals surface area contributed by atoms with Crippen LogP contribution in [0.2, 0.25) is 0 Å². The van der Waals surface area contributed by atoms with E-state index in [1.54, 1.807) is 22.8 Å². The summed E-state index contributed by atoms with van der Waals surface area (Å²) in [7, 11) is 0. The molecule has 0 aromatic carbocycles.